The van der Waals surface area contributed by atoms with Crippen molar-refractivity contribution in [2.75, 3.05) is 25.2 Å². The summed E-state index contributed by atoms with van der Waals surface area (Å²) in [7, 11) is 1.42. The van der Waals surface area contributed by atoms with E-state index in [1.807, 2.05) is 0 Å². The SMILES string of the molecule is COc1ccc([N+](=O)[O-])c(N(N)[C@@H]2CCCCN(C(=O)OC(C)(C)C)C2)c1Cl. The average molecular weight is 415 g/mol. The number of benzene rings is 1. The molecule has 9 nitrogen and oxygen atoms in total. The maximum Gasteiger partial charge on any atom is 0.410 e. The highest BCUT2D eigenvalue weighted by Crippen LogP contribution is 2.41. The number of likely N-dealkylation sites (tertiary alicyclic amines) is 1. The first-order valence-electron chi connectivity index (χ1n) is 9.08. The Morgan fingerprint density at radius 3 is 2.64 bits per heavy atom. The summed E-state index contributed by atoms with van der Waals surface area (Å²) in [6.07, 6.45) is 1.82. The summed E-state index contributed by atoms with van der Waals surface area (Å²) >= 11 is 6.34. The molecule has 1 aliphatic rings. The summed E-state index contributed by atoms with van der Waals surface area (Å²) in [4.78, 5) is 25.0. The van der Waals surface area contributed by atoms with Crippen molar-refractivity contribution in [2.45, 2.75) is 51.7 Å². The van der Waals surface area contributed by atoms with E-state index in [0.29, 0.717) is 13.0 Å². The fourth-order valence-electron chi connectivity index (χ4n) is 3.11. The summed E-state index contributed by atoms with van der Waals surface area (Å²) in [6.45, 7) is 6.21. The van der Waals surface area contributed by atoms with Gasteiger partial charge in [0.15, 0.2) is 5.69 Å². The number of nitrogens with two attached hydrogens (primary N) is 1. The Bertz CT molecular complexity index is 737. The molecule has 1 aromatic carbocycles. The number of ether oxygens (including phenoxy) is 2. The number of nitro groups is 1. The van der Waals surface area contributed by atoms with Crippen LogP contribution in [0.4, 0.5) is 16.2 Å². The van der Waals surface area contributed by atoms with Crippen LogP contribution >= 0.6 is 11.6 Å². The zero-order valence-electron chi connectivity index (χ0n) is 16.6. The molecule has 2 rings (SSSR count). The van der Waals surface area contributed by atoms with Gasteiger partial charge in [0.05, 0.1) is 18.1 Å². The number of carbonyl (C=O) groups excluding carboxylic acids is 1. The molecule has 1 amide bonds. The van der Waals surface area contributed by atoms with Crippen LogP contribution < -0.4 is 15.6 Å². The highest BCUT2D eigenvalue weighted by atomic mass is 35.5. The number of halogens is 1. The van der Waals surface area contributed by atoms with E-state index in [2.05, 4.69) is 0 Å². The number of nitrogens with zero attached hydrogens (tertiary/aromatic N) is 3. The van der Waals surface area contributed by atoms with E-state index in [4.69, 9.17) is 26.9 Å². The largest absolute Gasteiger partial charge is 0.495 e. The van der Waals surface area contributed by atoms with Gasteiger partial charge < -0.3 is 14.4 Å². The molecule has 1 aromatic rings. The van der Waals surface area contributed by atoms with Crippen LogP contribution in [-0.4, -0.2) is 47.8 Å². The highest BCUT2D eigenvalue weighted by molar-refractivity contribution is 6.35. The van der Waals surface area contributed by atoms with E-state index >= 15 is 0 Å². The molecule has 1 aliphatic heterocycles. The monoisotopic (exact) mass is 414 g/mol. The Labute approximate surface area is 169 Å². The van der Waals surface area contributed by atoms with Gasteiger partial charge in [-0.25, -0.2) is 10.6 Å². The van der Waals surface area contributed by atoms with Crippen molar-refractivity contribution in [1.82, 2.24) is 4.90 Å². The van der Waals surface area contributed by atoms with Gasteiger partial charge >= 0.3 is 6.09 Å². The first-order valence-corrected chi connectivity index (χ1v) is 9.45. The van der Waals surface area contributed by atoms with E-state index in [1.165, 1.54) is 24.3 Å². The molecule has 0 spiro atoms. The molecule has 1 atom stereocenters. The molecule has 28 heavy (non-hydrogen) atoms. The van der Waals surface area contributed by atoms with E-state index < -0.39 is 16.6 Å². The van der Waals surface area contributed by atoms with Gasteiger partial charge in [0.25, 0.3) is 5.69 Å². The predicted molar refractivity (Wildman–Crippen MR) is 107 cm³/mol. The number of hydrazine groups is 1. The number of amides is 1. The van der Waals surface area contributed by atoms with E-state index in [-0.39, 0.29) is 34.7 Å². The smallest absolute Gasteiger partial charge is 0.410 e. The number of methoxy groups -OCH3 is 1. The maximum atomic E-state index is 12.5. The zero-order chi connectivity index (χ0) is 21.1. The van der Waals surface area contributed by atoms with E-state index in [9.17, 15) is 14.9 Å². The van der Waals surface area contributed by atoms with Gasteiger partial charge in [-0.1, -0.05) is 11.6 Å². The van der Waals surface area contributed by atoms with Crippen LogP contribution in [0, 0.1) is 10.1 Å². The lowest BCUT2D eigenvalue weighted by Gasteiger charge is -2.33. The van der Waals surface area contributed by atoms with Crippen molar-refractivity contribution < 1.29 is 19.2 Å². The molecule has 2 N–H and O–H groups in total. The molecule has 10 heteroatoms. The molecular weight excluding hydrogens is 388 g/mol. The van der Waals surface area contributed by atoms with Crippen LogP contribution in [0.5, 0.6) is 5.75 Å². The van der Waals surface area contributed by atoms with Crippen molar-refractivity contribution in [1.29, 1.82) is 0 Å². The number of nitro benzene ring substituents is 1. The van der Waals surface area contributed by atoms with E-state index in [1.54, 1.807) is 25.7 Å². The van der Waals surface area contributed by atoms with Gasteiger partial charge in [0.2, 0.25) is 0 Å². The standard InChI is InChI=1S/C18H27ClN4O5/c1-18(2,3)28-17(24)21-10-6-5-7-12(11-21)22(20)16-13(23(25)26)8-9-14(27-4)15(16)19/h8-9,12H,5-7,10-11,20H2,1-4H3/t12-/m1/s1. The molecule has 0 aromatic heterocycles. The van der Waals surface area contributed by atoms with Crippen molar-refractivity contribution in [2.24, 2.45) is 5.84 Å². The number of carbonyl (C=O) groups is 1. The van der Waals surface area contributed by atoms with Crippen molar-refractivity contribution in [3.8, 4) is 5.75 Å². The van der Waals surface area contributed by atoms with E-state index in [0.717, 1.165) is 12.8 Å². The minimum atomic E-state index is -0.615. The summed E-state index contributed by atoms with van der Waals surface area (Å²) in [5.74, 6) is 6.59. The first-order chi connectivity index (χ1) is 13.0. The van der Waals surface area contributed by atoms with Gasteiger partial charge in [0, 0.05) is 19.2 Å². The van der Waals surface area contributed by atoms with Gasteiger partial charge in [-0.15, -0.1) is 0 Å². The highest BCUT2D eigenvalue weighted by Gasteiger charge is 2.33. The second kappa shape index (κ2) is 8.83. The molecule has 0 aliphatic carbocycles. The first kappa shape index (κ1) is 22.0. The zero-order valence-corrected chi connectivity index (χ0v) is 17.4. The predicted octanol–water partition coefficient (Wildman–Crippen LogP) is 3.73. The van der Waals surface area contributed by atoms with Crippen molar-refractivity contribution in [3.63, 3.8) is 0 Å². The van der Waals surface area contributed by atoms with Crippen LogP contribution in [0.2, 0.25) is 5.02 Å². The second-order valence-corrected chi connectivity index (χ2v) is 8.07. The lowest BCUT2D eigenvalue weighted by atomic mass is 10.1. The fourth-order valence-corrected chi connectivity index (χ4v) is 3.44. The Balaban J connectivity index is 2.33. The lowest BCUT2D eigenvalue weighted by molar-refractivity contribution is -0.384. The molecule has 0 saturated carbocycles. The third-order valence-electron chi connectivity index (χ3n) is 4.43. The van der Waals surface area contributed by atoms with Gasteiger partial charge in [-0.2, -0.15) is 0 Å². The molecule has 1 saturated heterocycles. The van der Waals surface area contributed by atoms with Crippen molar-refractivity contribution >= 4 is 29.1 Å². The number of hydrogen-bond donors (Lipinski definition) is 1. The van der Waals surface area contributed by atoms with Crippen LogP contribution in [-0.2, 0) is 4.74 Å². The summed E-state index contributed by atoms with van der Waals surface area (Å²) in [5.41, 5.74) is -0.765. The fraction of sp³-hybridized carbons (Fsp3) is 0.611. The third-order valence-corrected chi connectivity index (χ3v) is 4.79. The summed E-state index contributed by atoms with van der Waals surface area (Å²) in [5, 5.41) is 12.8. The minimum absolute atomic E-state index is 0.0623. The van der Waals surface area contributed by atoms with Gasteiger partial charge in [-0.05, 0) is 46.1 Å². The Hall–Kier alpha value is -2.26. The Morgan fingerprint density at radius 2 is 2.07 bits per heavy atom. The molecule has 156 valence electrons. The minimum Gasteiger partial charge on any atom is -0.495 e. The molecule has 1 fully saturated rings. The number of rotatable bonds is 4. The van der Waals surface area contributed by atoms with Crippen LogP contribution in [0.15, 0.2) is 12.1 Å². The Kier molecular flexibility index (Phi) is 6.95. The number of anilines is 1. The van der Waals surface area contributed by atoms with Gasteiger partial charge in [0.1, 0.15) is 16.4 Å². The lowest BCUT2D eigenvalue weighted by Crippen LogP contribution is -2.49. The quantitative estimate of drug-likeness (QED) is 0.453. The molecule has 0 bridgehead atoms. The molecular formula is C18H27ClN4O5. The third kappa shape index (κ3) is 5.17. The average Bonchev–Trinajstić information content (AvgIpc) is 2.85. The topological polar surface area (TPSA) is 111 Å². The van der Waals surface area contributed by atoms with Crippen LogP contribution in [0.3, 0.4) is 0 Å². The second-order valence-electron chi connectivity index (χ2n) is 7.69. The molecule has 1 heterocycles. The summed E-state index contributed by atoms with van der Waals surface area (Å²) in [6, 6.07) is 2.37. The normalized spacial score (nSPS) is 17.6. The number of hydrogen-bond acceptors (Lipinski definition) is 7. The summed E-state index contributed by atoms with van der Waals surface area (Å²) < 4.78 is 10.6. The molecule has 0 unspecified atom stereocenters. The Morgan fingerprint density at radius 1 is 1.39 bits per heavy atom. The van der Waals surface area contributed by atoms with Crippen LogP contribution in [0.1, 0.15) is 40.0 Å². The van der Waals surface area contributed by atoms with Crippen LogP contribution in [0.25, 0.3) is 0 Å². The van der Waals surface area contributed by atoms with Gasteiger partial charge in [-0.3, -0.25) is 15.1 Å². The maximum absolute atomic E-state index is 12.5. The van der Waals surface area contributed by atoms with Crippen molar-refractivity contribution in [3.05, 3.63) is 27.3 Å². The molecule has 0 radical (unpaired) electrons.